The maximum atomic E-state index is 13.8. The molecule has 0 aliphatic heterocycles. The van der Waals surface area contributed by atoms with E-state index in [1.54, 1.807) is 19.1 Å². The first-order valence-electron chi connectivity index (χ1n) is 6.16. The highest BCUT2D eigenvalue weighted by Gasteiger charge is 2.24. The molecule has 1 heterocycles. The second-order valence-corrected chi connectivity index (χ2v) is 5.45. The van der Waals surface area contributed by atoms with Gasteiger partial charge < -0.3 is 15.2 Å². The number of aryl methyl sites for hydroxylation is 1. The lowest BCUT2D eigenvalue weighted by atomic mass is 10.1. The van der Waals surface area contributed by atoms with E-state index in [2.05, 4.69) is 10.1 Å². The molecule has 2 aromatic rings. The lowest BCUT2D eigenvalue weighted by Crippen LogP contribution is -2.43. The number of amides is 1. The summed E-state index contributed by atoms with van der Waals surface area (Å²) in [4.78, 5) is 23.9. The summed E-state index contributed by atoms with van der Waals surface area (Å²) in [5.41, 5.74) is 0.507. The molecule has 5 nitrogen and oxygen atoms in total. The number of fused-ring (bicyclic) bond motifs is 1. The van der Waals surface area contributed by atoms with Crippen LogP contribution < -0.4 is 5.32 Å². The minimum absolute atomic E-state index is 0.303. The van der Waals surface area contributed by atoms with Crippen LogP contribution in [0.5, 0.6) is 0 Å². The van der Waals surface area contributed by atoms with Crippen LogP contribution in [0.4, 0.5) is 4.39 Å². The van der Waals surface area contributed by atoms with Gasteiger partial charge in [-0.15, -0.1) is 11.3 Å². The molecule has 0 radical (unpaired) electrons. The van der Waals surface area contributed by atoms with Crippen molar-refractivity contribution in [3.8, 4) is 0 Å². The van der Waals surface area contributed by atoms with E-state index in [0.717, 1.165) is 18.4 Å². The standard InChI is InChI=1S/C14H14FNO4S/c1-7-11-8(15)4-3-5-10(11)21-12(7)13(18)16-9(6-17)14(19)20-2/h3-5,9,17H,6H2,1-2H3,(H,16,18). The Bertz CT molecular complexity index is 698. The first-order valence-corrected chi connectivity index (χ1v) is 6.98. The zero-order chi connectivity index (χ0) is 15.6. The lowest BCUT2D eigenvalue weighted by Gasteiger charge is -2.13. The number of benzene rings is 1. The average molecular weight is 311 g/mol. The van der Waals surface area contributed by atoms with Gasteiger partial charge >= 0.3 is 5.97 Å². The number of aliphatic hydroxyl groups is 1. The summed E-state index contributed by atoms with van der Waals surface area (Å²) < 4.78 is 18.9. The van der Waals surface area contributed by atoms with Crippen LogP contribution >= 0.6 is 11.3 Å². The van der Waals surface area contributed by atoms with Crippen LogP contribution in [0.15, 0.2) is 18.2 Å². The van der Waals surface area contributed by atoms with Gasteiger partial charge in [0.25, 0.3) is 5.91 Å². The molecule has 7 heteroatoms. The Morgan fingerprint density at radius 1 is 1.48 bits per heavy atom. The highest BCUT2D eigenvalue weighted by Crippen LogP contribution is 2.32. The molecular weight excluding hydrogens is 297 g/mol. The second kappa shape index (κ2) is 6.19. The zero-order valence-corrected chi connectivity index (χ0v) is 12.3. The molecule has 21 heavy (non-hydrogen) atoms. The van der Waals surface area contributed by atoms with E-state index < -0.39 is 30.3 Å². The molecule has 1 aromatic carbocycles. The minimum atomic E-state index is -1.14. The number of esters is 1. The van der Waals surface area contributed by atoms with Crippen molar-refractivity contribution in [2.45, 2.75) is 13.0 Å². The van der Waals surface area contributed by atoms with Gasteiger partial charge in [0.05, 0.1) is 18.6 Å². The smallest absolute Gasteiger partial charge is 0.330 e. The Morgan fingerprint density at radius 2 is 2.19 bits per heavy atom. The van der Waals surface area contributed by atoms with Gasteiger partial charge in [0.2, 0.25) is 0 Å². The largest absolute Gasteiger partial charge is 0.467 e. The summed E-state index contributed by atoms with van der Waals surface area (Å²) in [7, 11) is 1.16. The molecule has 1 aromatic heterocycles. The number of nitrogens with one attached hydrogen (secondary N) is 1. The molecule has 2 rings (SSSR count). The molecule has 2 N–H and O–H groups in total. The Hall–Kier alpha value is -1.99. The summed E-state index contributed by atoms with van der Waals surface area (Å²) in [5, 5.41) is 11.9. The Balaban J connectivity index is 2.34. The van der Waals surface area contributed by atoms with Crippen LogP contribution in [0, 0.1) is 12.7 Å². The predicted octanol–water partition coefficient (Wildman–Crippen LogP) is 1.61. The number of ether oxygens (including phenoxy) is 1. The molecule has 0 spiro atoms. The predicted molar refractivity (Wildman–Crippen MR) is 76.9 cm³/mol. The normalized spacial score (nSPS) is 12.2. The lowest BCUT2D eigenvalue weighted by molar-refractivity contribution is -0.143. The van der Waals surface area contributed by atoms with Gasteiger partial charge in [0, 0.05) is 10.1 Å². The van der Waals surface area contributed by atoms with Gasteiger partial charge in [0.1, 0.15) is 5.82 Å². The fourth-order valence-electron chi connectivity index (χ4n) is 2.02. The summed E-state index contributed by atoms with van der Waals surface area (Å²) in [6, 6.07) is 3.48. The maximum Gasteiger partial charge on any atom is 0.330 e. The van der Waals surface area contributed by atoms with Gasteiger partial charge in [0.15, 0.2) is 6.04 Å². The van der Waals surface area contributed by atoms with Crippen molar-refractivity contribution in [3.63, 3.8) is 0 Å². The number of methoxy groups -OCH3 is 1. The summed E-state index contributed by atoms with van der Waals surface area (Å²) >= 11 is 1.13. The van der Waals surface area contributed by atoms with Crippen LogP contribution in [0.3, 0.4) is 0 Å². The highest BCUT2D eigenvalue weighted by molar-refractivity contribution is 7.21. The first kappa shape index (κ1) is 15.4. The van der Waals surface area contributed by atoms with Crippen molar-refractivity contribution in [1.82, 2.24) is 5.32 Å². The molecule has 0 bridgehead atoms. The van der Waals surface area contributed by atoms with E-state index in [1.165, 1.54) is 6.07 Å². The molecule has 0 saturated heterocycles. The van der Waals surface area contributed by atoms with E-state index in [1.807, 2.05) is 0 Å². The summed E-state index contributed by atoms with van der Waals surface area (Å²) in [6.07, 6.45) is 0. The van der Waals surface area contributed by atoms with E-state index >= 15 is 0 Å². The van der Waals surface area contributed by atoms with E-state index in [4.69, 9.17) is 5.11 Å². The number of rotatable bonds is 4. The van der Waals surface area contributed by atoms with Crippen LogP contribution in [0.2, 0.25) is 0 Å². The number of carbonyl (C=O) groups excluding carboxylic acids is 2. The molecule has 1 amide bonds. The van der Waals surface area contributed by atoms with Gasteiger partial charge in [-0.1, -0.05) is 6.07 Å². The number of thiophene rings is 1. The van der Waals surface area contributed by atoms with Crippen molar-refractivity contribution in [1.29, 1.82) is 0 Å². The van der Waals surface area contributed by atoms with E-state index in [0.29, 0.717) is 20.5 Å². The number of hydrogen-bond acceptors (Lipinski definition) is 5. The van der Waals surface area contributed by atoms with Crippen LogP contribution in [-0.2, 0) is 9.53 Å². The third-order valence-corrected chi connectivity index (χ3v) is 4.34. The van der Waals surface area contributed by atoms with Crippen molar-refractivity contribution in [2.75, 3.05) is 13.7 Å². The van der Waals surface area contributed by atoms with Gasteiger partial charge in [-0.05, 0) is 24.6 Å². The monoisotopic (exact) mass is 311 g/mol. The Morgan fingerprint density at radius 3 is 2.76 bits per heavy atom. The third-order valence-electron chi connectivity index (χ3n) is 3.08. The van der Waals surface area contributed by atoms with Crippen LogP contribution in [0.1, 0.15) is 15.2 Å². The average Bonchev–Trinajstić information content (AvgIpc) is 2.82. The van der Waals surface area contributed by atoms with Crippen molar-refractivity contribution in [3.05, 3.63) is 34.5 Å². The molecule has 1 atom stereocenters. The number of halogens is 1. The summed E-state index contributed by atoms with van der Waals surface area (Å²) in [5.74, 6) is -1.68. The third kappa shape index (κ3) is 2.88. The fraction of sp³-hybridized carbons (Fsp3) is 0.286. The molecule has 0 saturated carbocycles. The quantitative estimate of drug-likeness (QED) is 0.841. The van der Waals surface area contributed by atoms with Gasteiger partial charge in [-0.3, -0.25) is 4.79 Å². The van der Waals surface area contributed by atoms with Gasteiger partial charge in [-0.2, -0.15) is 0 Å². The minimum Gasteiger partial charge on any atom is -0.467 e. The molecule has 0 aliphatic carbocycles. The van der Waals surface area contributed by atoms with Crippen molar-refractivity contribution < 1.29 is 23.8 Å². The number of aliphatic hydroxyl groups excluding tert-OH is 1. The molecule has 0 aliphatic rings. The molecule has 1 unspecified atom stereocenters. The van der Waals surface area contributed by atoms with E-state index in [-0.39, 0.29) is 0 Å². The van der Waals surface area contributed by atoms with Gasteiger partial charge in [-0.25, -0.2) is 9.18 Å². The van der Waals surface area contributed by atoms with E-state index in [9.17, 15) is 14.0 Å². The van der Waals surface area contributed by atoms with Crippen LogP contribution in [0.25, 0.3) is 10.1 Å². The zero-order valence-electron chi connectivity index (χ0n) is 11.5. The molecule has 112 valence electrons. The molecule has 0 fully saturated rings. The highest BCUT2D eigenvalue weighted by atomic mass is 32.1. The van der Waals surface area contributed by atoms with Crippen molar-refractivity contribution >= 4 is 33.3 Å². The topological polar surface area (TPSA) is 75.6 Å². The molecular formula is C14H14FNO4S. The van der Waals surface area contributed by atoms with Crippen molar-refractivity contribution in [2.24, 2.45) is 0 Å². The number of hydrogen-bond donors (Lipinski definition) is 2. The number of carbonyl (C=O) groups is 2. The second-order valence-electron chi connectivity index (χ2n) is 4.40. The Kier molecular flexibility index (Phi) is 4.54. The Labute approximate surface area is 124 Å². The SMILES string of the molecule is COC(=O)C(CO)NC(=O)c1sc2cccc(F)c2c1C. The summed E-state index contributed by atoms with van der Waals surface area (Å²) in [6.45, 7) is 1.07. The maximum absolute atomic E-state index is 13.8. The fourth-order valence-corrected chi connectivity index (χ4v) is 3.14. The van der Waals surface area contributed by atoms with Crippen LogP contribution in [-0.4, -0.2) is 36.7 Å². The first-order chi connectivity index (χ1) is 9.99.